The summed E-state index contributed by atoms with van der Waals surface area (Å²) in [5.74, 6) is -0.142. The first kappa shape index (κ1) is 13.0. The number of carbonyl (C=O) groups is 1. The Labute approximate surface area is 106 Å². The zero-order valence-electron chi connectivity index (χ0n) is 10.7. The van der Waals surface area contributed by atoms with Gasteiger partial charge in [0.25, 0.3) is 5.91 Å². The number of amides is 1. The molecular formula is C12H20N4O2. The van der Waals surface area contributed by atoms with Gasteiger partial charge in [-0.1, -0.05) is 11.6 Å². The van der Waals surface area contributed by atoms with E-state index in [-0.39, 0.29) is 12.6 Å². The van der Waals surface area contributed by atoms with Gasteiger partial charge in [0.2, 0.25) is 0 Å². The van der Waals surface area contributed by atoms with Gasteiger partial charge in [0, 0.05) is 12.5 Å². The summed E-state index contributed by atoms with van der Waals surface area (Å²) < 4.78 is 1.82. The summed E-state index contributed by atoms with van der Waals surface area (Å²) in [6, 6.07) is 0.133. The van der Waals surface area contributed by atoms with Crippen molar-refractivity contribution in [2.75, 3.05) is 6.61 Å². The number of aliphatic hydroxyl groups excluding tert-OH is 1. The van der Waals surface area contributed by atoms with Crippen molar-refractivity contribution < 1.29 is 9.90 Å². The normalized spacial score (nSPS) is 17.4. The van der Waals surface area contributed by atoms with Crippen LogP contribution in [0.1, 0.15) is 67.2 Å². The molecule has 0 bridgehead atoms. The van der Waals surface area contributed by atoms with E-state index in [2.05, 4.69) is 10.3 Å². The van der Waals surface area contributed by atoms with Gasteiger partial charge >= 0.3 is 0 Å². The van der Waals surface area contributed by atoms with Crippen LogP contribution in [0.4, 0.5) is 0 Å². The standard InChI is InChI=1S/C12H20N4O2/c1-8(4-3-7-17)16-11(9-5-2-6-9)10(12(13)18)14-15-16/h8-9,17H,2-7H2,1H3,(H2,13,18). The van der Waals surface area contributed by atoms with Crippen LogP contribution in [0.25, 0.3) is 0 Å². The summed E-state index contributed by atoms with van der Waals surface area (Å²) in [7, 11) is 0. The van der Waals surface area contributed by atoms with Crippen LogP contribution in [0.3, 0.4) is 0 Å². The number of nitrogens with zero attached hydrogens (tertiary/aromatic N) is 3. The minimum atomic E-state index is -0.502. The van der Waals surface area contributed by atoms with E-state index < -0.39 is 5.91 Å². The van der Waals surface area contributed by atoms with Crippen molar-refractivity contribution >= 4 is 5.91 Å². The van der Waals surface area contributed by atoms with Crippen LogP contribution in [0.15, 0.2) is 0 Å². The molecule has 0 aromatic carbocycles. The zero-order valence-corrected chi connectivity index (χ0v) is 10.7. The van der Waals surface area contributed by atoms with Crippen LogP contribution in [-0.2, 0) is 0 Å². The predicted molar refractivity (Wildman–Crippen MR) is 66.2 cm³/mol. The van der Waals surface area contributed by atoms with Crippen molar-refractivity contribution in [3.05, 3.63) is 11.4 Å². The molecule has 0 saturated heterocycles. The third-order valence-corrected chi connectivity index (χ3v) is 3.65. The molecule has 1 aliphatic carbocycles. The highest BCUT2D eigenvalue weighted by Crippen LogP contribution is 2.38. The van der Waals surface area contributed by atoms with Crippen LogP contribution >= 0.6 is 0 Å². The van der Waals surface area contributed by atoms with Gasteiger partial charge in [0.1, 0.15) is 0 Å². The van der Waals surface area contributed by atoms with E-state index in [4.69, 9.17) is 10.8 Å². The molecule has 0 spiro atoms. The third-order valence-electron chi connectivity index (χ3n) is 3.65. The van der Waals surface area contributed by atoms with E-state index in [0.29, 0.717) is 11.6 Å². The number of aliphatic hydroxyl groups is 1. The fraction of sp³-hybridized carbons (Fsp3) is 0.750. The highest BCUT2D eigenvalue weighted by atomic mass is 16.2. The van der Waals surface area contributed by atoms with Crippen LogP contribution < -0.4 is 5.73 Å². The Morgan fingerprint density at radius 1 is 1.61 bits per heavy atom. The van der Waals surface area contributed by atoms with Gasteiger partial charge in [0.15, 0.2) is 5.69 Å². The molecule has 6 heteroatoms. The zero-order chi connectivity index (χ0) is 13.1. The molecule has 1 unspecified atom stereocenters. The second-order valence-electron chi connectivity index (χ2n) is 4.97. The number of aromatic nitrogens is 3. The summed E-state index contributed by atoms with van der Waals surface area (Å²) >= 11 is 0. The molecule has 1 fully saturated rings. The number of hydrogen-bond donors (Lipinski definition) is 2. The van der Waals surface area contributed by atoms with Crippen molar-refractivity contribution in [2.45, 2.75) is 51.0 Å². The van der Waals surface area contributed by atoms with Gasteiger partial charge in [-0.15, -0.1) is 5.10 Å². The average molecular weight is 252 g/mol. The van der Waals surface area contributed by atoms with Gasteiger partial charge in [-0.25, -0.2) is 4.68 Å². The lowest BCUT2D eigenvalue weighted by atomic mass is 9.81. The summed E-state index contributed by atoms with van der Waals surface area (Å²) in [6.45, 7) is 2.19. The fourth-order valence-electron chi connectivity index (χ4n) is 2.37. The minimum Gasteiger partial charge on any atom is -0.396 e. The van der Waals surface area contributed by atoms with Gasteiger partial charge in [0.05, 0.1) is 11.7 Å². The largest absolute Gasteiger partial charge is 0.396 e. The first-order valence-electron chi connectivity index (χ1n) is 6.51. The maximum Gasteiger partial charge on any atom is 0.271 e. The summed E-state index contributed by atoms with van der Waals surface area (Å²) in [6.07, 6.45) is 4.86. The lowest BCUT2D eigenvalue weighted by Gasteiger charge is -2.27. The second kappa shape index (κ2) is 5.48. The lowest BCUT2D eigenvalue weighted by molar-refractivity contribution is 0.0993. The molecule has 1 saturated carbocycles. The summed E-state index contributed by atoms with van der Waals surface area (Å²) in [4.78, 5) is 11.4. The van der Waals surface area contributed by atoms with Crippen molar-refractivity contribution in [3.63, 3.8) is 0 Å². The number of rotatable bonds is 6. The number of carbonyl (C=O) groups excluding carboxylic acids is 1. The Kier molecular flexibility index (Phi) is 3.96. The van der Waals surface area contributed by atoms with Crippen LogP contribution in [0.5, 0.6) is 0 Å². The Balaban J connectivity index is 2.25. The topological polar surface area (TPSA) is 94.0 Å². The molecule has 0 aliphatic heterocycles. The molecule has 1 aromatic heterocycles. The number of primary amides is 1. The van der Waals surface area contributed by atoms with Crippen molar-refractivity contribution in [1.29, 1.82) is 0 Å². The maximum absolute atomic E-state index is 11.4. The smallest absolute Gasteiger partial charge is 0.271 e. The van der Waals surface area contributed by atoms with Crippen molar-refractivity contribution in [3.8, 4) is 0 Å². The molecule has 3 N–H and O–H groups in total. The number of hydrogen-bond acceptors (Lipinski definition) is 4. The van der Waals surface area contributed by atoms with E-state index in [0.717, 1.165) is 31.4 Å². The van der Waals surface area contributed by atoms with E-state index >= 15 is 0 Å². The van der Waals surface area contributed by atoms with Gasteiger partial charge in [-0.2, -0.15) is 0 Å². The molecule has 6 nitrogen and oxygen atoms in total. The van der Waals surface area contributed by atoms with Crippen LogP contribution in [0.2, 0.25) is 0 Å². The molecule has 100 valence electrons. The van der Waals surface area contributed by atoms with Gasteiger partial charge < -0.3 is 10.8 Å². The second-order valence-corrected chi connectivity index (χ2v) is 4.97. The summed E-state index contributed by atoms with van der Waals surface area (Å²) in [5, 5.41) is 16.9. The predicted octanol–water partition coefficient (Wildman–Crippen LogP) is 0.978. The molecule has 18 heavy (non-hydrogen) atoms. The third kappa shape index (κ3) is 2.38. The molecule has 0 radical (unpaired) electrons. The molecule has 2 rings (SSSR count). The lowest BCUT2D eigenvalue weighted by Crippen LogP contribution is -2.22. The van der Waals surface area contributed by atoms with E-state index in [1.807, 2.05) is 11.6 Å². The van der Waals surface area contributed by atoms with E-state index in [1.165, 1.54) is 6.42 Å². The van der Waals surface area contributed by atoms with E-state index in [1.54, 1.807) is 0 Å². The van der Waals surface area contributed by atoms with Crippen molar-refractivity contribution in [1.82, 2.24) is 15.0 Å². The molecule has 1 aromatic rings. The van der Waals surface area contributed by atoms with Crippen LogP contribution in [-0.4, -0.2) is 32.6 Å². The first-order valence-corrected chi connectivity index (χ1v) is 6.51. The Morgan fingerprint density at radius 2 is 2.33 bits per heavy atom. The van der Waals surface area contributed by atoms with Crippen molar-refractivity contribution in [2.24, 2.45) is 5.73 Å². The quantitative estimate of drug-likeness (QED) is 0.789. The van der Waals surface area contributed by atoms with Gasteiger partial charge in [-0.05, 0) is 32.6 Å². The maximum atomic E-state index is 11.4. The number of nitrogens with two attached hydrogens (primary N) is 1. The monoisotopic (exact) mass is 252 g/mol. The fourth-order valence-corrected chi connectivity index (χ4v) is 2.37. The first-order chi connectivity index (χ1) is 8.65. The summed E-state index contributed by atoms with van der Waals surface area (Å²) in [5.41, 5.74) is 6.55. The Morgan fingerprint density at radius 3 is 2.83 bits per heavy atom. The average Bonchev–Trinajstić information content (AvgIpc) is 2.68. The molecular weight excluding hydrogens is 232 g/mol. The molecule has 1 amide bonds. The minimum absolute atomic E-state index is 0.133. The highest BCUT2D eigenvalue weighted by Gasteiger charge is 2.30. The SMILES string of the molecule is CC(CCCO)n1nnc(C(N)=O)c1C1CCC1. The highest BCUT2D eigenvalue weighted by molar-refractivity contribution is 5.92. The molecule has 1 heterocycles. The van der Waals surface area contributed by atoms with Gasteiger partial charge in [-0.3, -0.25) is 4.79 Å². The van der Waals surface area contributed by atoms with E-state index in [9.17, 15) is 4.79 Å². The van der Waals surface area contributed by atoms with Crippen LogP contribution in [0, 0.1) is 0 Å². The molecule has 1 aliphatic rings. The Hall–Kier alpha value is -1.43. The Bertz CT molecular complexity index is 426. The molecule has 1 atom stereocenters.